The van der Waals surface area contributed by atoms with Crippen molar-refractivity contribution in [3.05, 3.63) is 66.2 Å². The Morgan fingerprint density at radius 2 is 2.11 bits per heavy atom. The fourth-order valence-corrected chi connectivity index (χ4v) is 2.13. The highest BCUT2D eigenvalue weighted by Gasteiger charge is 2.07. The first-order valence-corrected chi connectivity index (χ1v) is 6.44. The molecule has 0 aliphatic carbocycles. The maximum absolute atomic E-state index is 5.78. The first kappa shape index (κ1) is 11.9. The molecule has 0 saturated heterocycles. The van der Waals surface area contributed by atoms with Crippen LogP contribution >= 0.6 is 0 Å². The van der Waals surface area contributed by atoms with E-state index in [-0.39, 0.29) is 6.04 Å². The van der Waals surface area contributed by atoms with Gasteiger partial charge in [-0.25, -0.2) is 0 Å². The molecule has 0 fully saturated rings. The van der Waals surface area contributed by atoms with Crippen molar-refractivity contribution in [1.82, 2.24) is 10.3 Å². The molecule has 3 rings (SSSR count). The van der Waals surface area contributed by atoms with E-state index in [1.807, 2.05) is 30.5 Å². The lowest BCUT2D eigenvalue weighted by atomic mass is 10.1. The Balaban J connectivity index is 1.69. The Labute approximate surface area is 112 Å². The number of hydrogen-bond acceptors (Lipinski definition) is 3. The fourth-order valence-electron chi connectivity index (χ4n) is 2.13. The topological polar surface area (TPSA) is 38.1 Å². The Morgan fingerprint density at radius 1 is 1.21 bits per heavy atom. The van der Waals surface area contributed by atoms with E-state index >= 15 is 0 Å². The standard InChI is InChI=1S/C16H16N2O/c1-12(14-6-4-8-17-10-14)18-11-15-9-13-5-2-3-7-16(13)19-15/h2-10,12,18H,11H2,1H3. The normalized spacial score (nSPS) is 12.7. The van der Waals surface area contributed by atoms with Gasteiger partial charge in [-0.15, -0.1) is 0 Å². The summed E-state index contributed by atoms with van der Waals surface area (Å²) >= 11 is 0. The van der Waals surface area contributed by atoms with Crippen LogP contribution in [0.3, 0.4) is 0 Å². The van der Waals surface area contributed by atoms with E-state index in [1.54, 1.807) is 6.20 Å². The zero-order chi connectivity index (χ0) is 13.1. The van der Waals surface area contributed by atoms with E-state index in [4.69, 9.17) is 4.42 Å². The van der Waals surface area contributed by atoms with E-state index < -0.39 is 0 Å². The molecule has 0 radical (unpaired) electrons. The number of para-hydroxylation sites is 1. The summed E-state index contributed by atoms with van der Waals surface area (Å²) in [6.45, 7) is 2.84. The smallest absolute Gasteiger partial charge is 0.134 e. The van der Waals surface area contributed by atoms with Crippen molar-refractivity contribution >= 4 is 11.0 Å². The number of pyridine rings is 1. The molecule has 1 atom stereocenters. The summed E-state index contributed by atoms with van der Waals surface area (Å²) in [5.74, 6) is 0.956. The van der Waals surface area contributed by atoms with Crippen LogP contribution in [0.15, 0.2) is 59.3 Å². The molecule has 1 unspecified atom stereocenters. The van der Waals surface area contributed by atoms with Gasteiger partial charge >= 0.3 is 0 Å². The van der Waals surface area contributed by atoms with Gasteiger partial charge in [0.15, 0.2) is 0 Å². The summed E-state index contributed by atoms with van der Waals surface area (Å²) in [4.78, 5) is 4.13. The molecule has 0 spiro atoms. The molecule has 3 nitrogen and oxygen atoms in total. The van der Waals surface area contributed by atoms with Crippen LogP contribution in [0.4, 0.5) is 0 Å². The van der Waals surface area contributed by atoms with Gasteiger partial charge < -0.3 is 9.73 Å². The number of aromatic nitrogens is 1. The highest BCUT2D eigenvalue weighted by molar-refractivity contribution is 5.77. The number of nitrogens with one attached hydrogen (secondary N) is 1. The summed E-state index contributed by atoms with van der Waals surface area (Å²) < 4.78 is 5.78. The van der Waals surface area contributed by atoms with Crippen molar-refractivity contribution in [2.75, 3.05) is 0 Å². The minimum absolute atomic E-state index is 0.252. The number of rotatable bonds is 4. The SMILES string of the molecule is CC(NCc1cc2ccccc2o1)c1cccnc1. The Hall–Kier alpha value is -2.13. The van der Waals surface area contributed by atoms with Crippen LogP contribution in [-0.4, -0.2) is 4.98 Å². The van der Waals surface area contributed by atoms with Crippen molar-refractivity contribution in [2.24, 2.45) is 0 Å². The second-order valence-corrected chi connectivity index (χ2v) is 4.64. The molecule has 2 heterocycles. The van der Waals surface area contributed by atoms with Gasteiger partial charge in [0.05, 0.1) is 6.54 Å². The van der Waals surface area contributed by atoms with Gasteiger partial charge in [0.25, 0.3) is 0 Å². The van der Waals surface area contributed by atoms with Crippen LogP contribution < -0.4 is 5.32 Å². The molecule has 0 aliphatic rings. The van der Waals surface area contributed by atoms with Crippen LogP contribution in [0.1, 0.15) is 24.3 Å². The summed E-state index contributed by atoms with van der Waals surface area (Å²) in [5, 5.41) is 4.59. The van der Waals surface area contributed by atoms with Gasteiger partial charge in [0.1, 0.15) is 11.3 Å². The van der Waals surface area contributed by atoms with Gasteiger partial charge in [-0.3, -0.25) is 4.98 Å². The lowest BCUT2D eigenvalue weighted by Crippen LogP contribution is -2.17. The molecule has 19 heavy (non-hydrogen) atoms. The first-order valence-electron chi connectivity index (χ1n) is 6.44. The average Bonchev–Trinajstić information content (AvgIpc) is 2.88. The molecule has 2 aromatic heterocycles. The number of benzene rings is 1. The second kappa shape index (κ2) is 5.24. The molecule has 1 aromatic carbocycles. The largest absolute Gasteiger partial charge is 0.460 e. The average molecular weight is 252 g/mol. The number of furan rings is 1. The summed E-state index contributed by atoms with van der Waals surface area (Å²) in [6.07, 6.45) is 3.67. The number of hydrogen-bond donors (Lipinski definition) is 1. The Morgan fingerprint density at radius 3 is 2.89 bits per heavy atom. The molecule has 0 amide bonds. The highest BCUT2D eigenvalue weighted by Crippen LogP contribution is 2.19. The van der Waals surface area contributed by atoms with E-state index in [9.17, 15) is 0 Å². The van der Waals surface area contributed by atoms with Crippen LogP contribution in [-0.2, 0) is 6.54 Å². The van der Waals surface area contributed by atoms with Crippen molar-refractivity contribution in [2.45, 2.75) is 19.5 Å². The van der Waals surface area contributed by atoms with Gasteiger partial charge in [0.2, 0.25) is 0 Å². The maximum atomic E-state index is 5.78. The predicted octanol–water partition coefficient (Wildman–Crippen LogP) is 3.68. The third kappa shape index (κ3) is 2.66. The molecular formula is C16H16N2O. The second-order valence-electron chi connectivity index (χ2n) is 4.64. The summed E-state index contributed by atoms with van der Waals surface area (Å²) in [7, 11) is 0. The Bertz CT molecular complexity index is 628. The lowest BCUT2D eigenvalue weighted by Gasteiger charge is -2.12. The van der Waals surface area contributed by atoms with Gasteiger partial charge in [-0.05, 0) is 30.7 Å². The number of nitrogens with zero attached hydrogens (tertiary/aromatic N) is 1. The molecule has 1 N–H and O–H groups in total. The van der Waals surface area contributed by atoms with E-state index in [2.05, 4.69) is 35.4 Å². The monoisotopic (exact) mass is 252 g/mol. The number of fused-ring (bicyclic) bond motifs is 1. The summed E-state index contributed by atoms with van der Waals surface area (Å²) in [6, 6.07) is 14.4. The Kier molecular flexibility index (Phi) is 3.29. The van der Waals surface area contributed by atoms with Gasteiger partial charge in [0, 0.05) is 23.8 Å². The highest BCUT2D eigenvalue weighted by atomic mass is 16.3. The van der Waals surface area contributed by atoms with E-state index in [1.165, 1.54) is 5.56 Å². The van der Waals surface area contributed by atoms with Crippen LogP contribution in [0.2, 0.25) is 0 Å². The quantitative estimate of drug-likeness (QED) is 0.769. The molecule has 3 heteroatoms. The molecular weight excluding hydrogens is 236 g/mol. The maximum Gasteiger partial charge on any atom is 0.134 e. The molecule has 3 aromatic rings. The van der Waals surface area contributed by atoms with Gasteiger partial charge in [-0.1, -0.05) is 24.3 Å². The fraction of sp³-hybridized carbons (Fsp3) is 0.188. The minimum Gasteiger partial charge on any atom is -0.460 e. The van der Waals surface area contributed by atoms with Crippen molar-refractivity contribution in [3.8, 4) is 0 Å². The molecule has 0 bridgehead atoms. The molecule has 96 valence electrons. The minimum atomic E-state index is 0.252. The predicted molar refractivity (Wildman–Crippen MR) is 75.7 cm³/mol. The van der Waals surface area contributed by atoms with Crippen LogP contribution in [0.25, 0.3) is 11.0 Å². The van der Waals surface area contributed by atoms with Crippen LogP contribution in [0, 0.1) is 0 Å². The van der Waals surface area contributed by atoms with Crippen molar-refractivity contribution in [1.29, 1.82) is 0 Å². The third-order valence-electron chi connectivity index (χ3n) is 3.24. The van der Waals surface area contributed by atoms with Crippen molar-refractivity contribution < 1.29 is 4.42 Å². The molecule has 0 saturated carbocycles. The third-order valence-corrected chi connectivity index (χ3v) is 3.24. The first-order chi connectivity index (χ1) is 9.33. The summed E-state index contributed by atoms with van der Waals surface area (Å²) in [5.41, 5.74) is 2.12. The lowest BCUT2D eigenvalue weighted by molar-refractivity contribution is 0.482. The molecule has 0 aliphatic heterocycles. The zero-order valence-corrected chi connectivity index (χ0v) is 10.8. The van der Waals surface area contributed by atoms with Crippen molar-refractivity contribution in [3.63, 3.8) is 0 Å². The van der Waals surface area contributed by atoms with E-state index in [0.29, 0.717) is 6.54 Å². The zero-order valence-electron chi connectivity index (χ0n) is 10.8. The van der Waals surface area contributed by atoms with Crippen LogP contribution in [0.5, 0.6) is 0 Å². The van der Waals surface area contributed by atoms with E-state index in [0.717, 1.165) is 16.7 Å². The van der Waals surface area contributed by atoms with Gasteiger partial charge in [-0.2, -0.15) is 0 Å².